The van der Waals surface area contributed by atoms with Crippen molar-refractivity contribution in [1.82, 2.24) is 9.38 Å². The van der Waals surface area contributed by atoms with Gasteiger partial charge in [0.1, 0.15) is 5.65 Å². The number of carbonyl (C=O) groups is 1. The Balaban J connectivity index is 1.75. The normalized spacial score (nSPS) is 14.5. The van der Waals surface area contributed by atoms with E-state index in [1.165, 1.54) is 5.56 Å². The molecule has 5 heteroatoms. The molecule has 0 spiro atoms. The number of aryl methyl sites for hydroxylation is 1. The Hall–Kier alpha value is -3.37. The van der Waals surface area contributed by atoms with Gasteiger partial charge in [0, 0.05) is 22.3 Å². The maximum atomic E-state index is 12.6. The molecule has 1 aliphatic rings. The van der Waals surface area contributed by atoms with Gasteiger partial charge in [-0.25, -0.2) is 4.98 Å². The van der Waals surface area contributed by atoms with Crippen LogP contribution in [0.2, 0.25) is 5.02 Å². The number of nitrogens with zero attached hydrogens (tertiary/aromatic N) is 2. The molecule has 0 radical (unpaired) electrons. The monoisotopic (exact) mass is 385 g/mol. The van der Waals surface area contributed by atoms with Crippen LogP contribution in [0.5, 0.6) is 0 Å². The van der Waals surface area contributed by atoms with E-state index in [0.717, 1.165) is 33.8 Å². The molecule has 0 unspecified atom stereocenters. The van der Waals surface area contributed by atoms with Gasteiger partial charge in [-0.2, -0.15) is 0 Å². The minimum absolute atomic E-state index is 0.141. The number of imidazole rings is 1. The SMILES string of the molecule is Cc1ccc(-c2nc3ccccn3c2/C=C2/C(=O)Nc3cc(Cl)ccc32)cc1. The second-order valence-electron chi connectivity index (χ2n) is 6.84. The van der Waals surface area contributed by atoms with Gasteiger partial charge in [0.25, 0.3) is 5.91 Å². The number of rotatable bonds is 2. The molecule has 1 aliphatic heterocycles. The zero-order chi connectivity index (χ0) is 19.3. The summed E-state index contributed by atoms with van der Waals surface area (Å²) >= 11 is 6.07. The maximum Gasteiger partial charge on any atom is 0.256 e. The van der Waals surface area contributed by atoms with Crippen molar-refractivity contribution in [2.45, 2.75) is 6.92 Å². The number of carbonyl (C=O) groups excluding carboxylic acids is 1. The van der Waals surface area contributed by atoms with Gasteiger partial charge in [0.05, 0.1) is 22.6 Å². The minimum atomic E-state index is -0.141. The molecule has 2 aromatic heterocycles. The van der Waals surface area contributed by atoms with Crippen LogP contribution in [0.1, 0.15) is 16.8 Å². The first-order chi connectivity index (χ1) is 13.6. The standard InChI is InChI=1S/C23H16ClN3O/c1-14-5-7-15(8-6-14)22-20(27-11-3-2-4-21(27)26-22)13-18-17-10-9-16(24)12-19(17)25-23(18)28/h2-13H,1H3,(H,25,28)/b18-13+. The molecule has 2 aromatic carbocycles. The zero-order valence-corrected chi connectivity index (χ0v) is 15.9. The Morgan fingerprint density at radius 3 is 2.71 bits per heavy atom. The number of pyridine rings is 1. The van der Waals surface area contributed by atoms with Gasteiger partial charge >= 0.3 is 0 Å². The molecule has 136 valence electrons. The van der Waals surface area contributed by atoms with Gasteiger partial charge < -0.3 is 5.32 Å². The number of fused-ring (bicyclic) bond motifs is 2. The Labute approximate surface area is 167 Å². The van der Waals surface area contributed by atoms with E-state index in [0.29, 0.717) is 10.6 Å². The third kappa shape index (κ3) is 2.70. The summed E-state index contributed by atoms with van der Waals surface area (Å²) in [5.41, 5.74) is 6.92. The Bertz CT molecular complexity index is 1270. The number of hydrogen-bond acceptors (Lipinski definition) is 2. The van der Waals surface area contributed by atoms with E-state index in [2.05, 4.69) is 36.5 Å². The van der Waals surface area contributed by atoms with E-state index >= 15 is 0 Å². The average Bonchev–Trinajstić information content (AvgIpc) is 3.20. The lowest BCUT2D eigenvalue weighted by atomic mass is 10.0. The summed E-state index contributed by atoms with van der Waals surface area (Å²) in [5, 5.41) is 3.49. The number of hydrogen-bond donors (Lipinski definition) is 1. The number of nitrogens with one attached hydrogen (secondary N) is 1. The molecule has 0 aliphatic carbocycles. The molecular formula is C23H16ClN3O. The second-order valence-corrected chi connectivity index (χ2v) is 7.28. The summed E-state index contributed by atoms with van der Waals surface area (Å²) in [6, 6.07) is 19.6. The van der Waals surface area contributed by atoms with Crippen molar-refractivity contribution in [3.63, 3.8) is 0 Å². The first-order valence-corrected chi connectivity index (χ1v) is 9.35. The topological polar surface area (TPSA) is 46.4 Å². The number of anilines is 1. The maximum absolute atomic E-state index is 12.6. The van der Waals surface area contributed by atoms with Crippen molar-refractivity contribution >= 4 is 40.5 Å². The number of halogens is 1. The van der Waals surface area contributed by atoms with Crippen LogP contribution in [-0.4, -0.2) is 15.3 Å². The lowest BCUT2D eigenvalue weighted by Crippen LogP contribution is -2.04. The summed E-state index contributed by atoms with van der Waals surface area (Å²) in [5.74, 6) is -0.141. The molecule has 5 rings (SSSR count). The molecule has 4 aromatic rings. The highest BCUT2D eigenvalue weighted by molar-refractivity contribution is 6.36. The highest BCUT2D eigenvalue weighted by Gasteiger charge is 2.25. The van der Waals surface area contributed by atoms with Gasteiger partial charge in [0.2, 0.25) is 0 Å². The van der Waals surface area contributed by atoms with Gasteiger partial charge in [-0.15, -0.1) is 0 Å². The van der Waals surface area contributed by atoms with E-state index in [4.69, 9.17) is 16.6 Å². The number of amides is 1. The largest absolute Gasteiger partial charge is 0.321 e. The van der Waals surface area contributed by atoms with Crippen molar-refractivity contribution in [3.05, 3.63) is 88.7 Å². The van der Waals surface area contributed by atoms with Gasteiger partial charge in [0.15, 0.2) is 0 Å². The third-order valence-corrected chi connectivity index (χ3v) is 5.17. The lowest BCUT2D eigenvalue weighted by molar-refractivity contribution is -0.110. The van der Waals surface area contributed by atoms with E-state index in [9.17, 15) is 4.79 Å². The fourth-order valence-corrected chi connectivity index (χ4v) is 3.70. The van der Waals surface area contributed by atoms with E-state index in [-0.39, 0.29) is 5.91 Å². The minimum Gasteiger partial charge on any atom is -0.321 e. The smallest absolute Gasteiger partial charge is 0.256 e. The average molecular weight is 386 g/mol. The second kappa shape index (κ2) is 6.36. The van der Waals surface area contributed by atoms with Crippen molar-refractivity contribution in [2.24, 2.45) is 0 Å². The Morgan fingerprint density at radius 2 is 1.89 bits per heavy atom. The van der Waals surface area contributed by atoms with Crippen LogP contribution in [0.25, 0.3) is 28.6 Å². The van der Waals surface area contributed by atoms with Gasteiger partial charge in [-0.05, 0) is 37.3 Å². The highest BCUT2D eigenvalue weighted by Crippen LogP contribution is 2.36. The van der Waals surface area contributed by atoms with Crippen LogP contribution >= 0.6 is 11.6 Å². The first kappa shape index (κ1) is 16.8. The molecule has 0 saturated carbocycles. The molecule has 0 bridgehead atoms. The van der Waals surface area contributed by atoms with Crippen LogP contribution in [0.3, 0.4) is 0 Å². The number of aromatic nitrogens is 2. The van der Waals surface area contributed by atoms with Crippen molar-refractivity contribution in [3.8, 4) is 11.3 Å². The summed E-state index contributed by atoms with van der Waals surface area (Å²) in [6.45, 7) is 2.06. The van der Waals surface area contributed by atoms with Crippen LogP contribution in [0.4, 0.5) is 5.69 Å². The van der Waals surface area contributed by atoms with Gasteiger partial charge in [-0.1, -0.05) is 53.6 Å². The quantitative estimate of drug-likeness (QED) is 0.466. The molecule has 1 amide bonds. The molecule has 28 heavy (non-hydrogen) atoms. The van der Waals surface area contributed by atoms with E-state index < -0.39 is 0 Å². The van der Waals surface area contributed by atoms with Crippen molar-refractivity contribution < 1.29 is 4.79 Å². The van der Waals surface area contributed by atoms with Crippen LogP contribution in [0.15, 0.2) is 66.9 Å². The molecule has 0 atom stereocenters. The van der Waals surface area contributed by atoms with Crippen molar-refractivity contribution in [1.29, 1.82) is 0 Å². The van der Waals surface area contributed by atoms with E-state index in [1.54, 1.807) is 12.1 Å². The summed E-state index contributed by atoms with van der Waals surface area (Å²) in [6.07, 6.45) is 3.87. The summed E-state index contributed by atoms with van der Waals surface area (Å²) in [7, 11) is 0. The molecule has 4 nitrogen and oxygen atoms in total. The Kier molecular flexibility index (Phi) is 3.81. The predicted molar refractivity (Wildman–Crippen MR) is 113 cm³/mol. The first-order valence-electron chi connectivity index (χ1n) is 8.97. The van der Waals surface area contributed by atoms with Crippen molar-refractivity contribution in [2.75, 3.05) is 5.32 Å². The van der Waals surface area contributed by atoms with E-state index in [1.807, 2.05) is 40.9 Å². The molecule has 0 saturated heterocycles. The van der Waals surface area contributed by atoms with Gasteiger partial charge in [-0.3, -0.25) is 9.20 Å². The lowest BCUT2D eigenvalue weighted by Gasteiger charge is -2.04. The fourth-order valence-electron chi connectivity index (χ4n) is 3.52. The summed E-state index contributed by atoms with van der Waals surface area (Å²) < 4.78 is 2.00. The van der Waals surface area contributed by atoms with Crippen LogP contribution in [-0.2, 0) is 4.79 Å². The summed E-state index contributed by atoms with van der Waals surface area (Å²) in [4.78, 5) is 17.5. The van der Waals surface area contributed by atoms with Crippen LogP contribution < -0.4 is 5.32 Å². The molecule has 3 heterocycles. The number of benzene rings is 2. The third-order valence-electron chi connectivity index (χ3n) is 4.94. The highest BCUT2D eigenvalue weighted by atomic mass is 35.5. The predicted octanol–water partition coefficient (Wildman–Crippen LogP) is 5.46. The fraction of sp³-hybridized carbons (Fsp3) is 0.0435. The molecular weight excluding hydrogens is 370 g/mol. The molecule has 1 N–H and O–H groups in total. The zero-order valence-electron chi connectivity index (χ0n) is 15.1. The Morgan fingerprint density at radius 1 is 1.07 bits per heavy atom. The van der Waals surface area contributed by atoms with Crippen LogP contribution in [0, 0.1) is 6.92 Å². The molecule has 0 fully saturated rings.